The molecule has 0 radical (unpaired) electrons. The molecule has 1 atom stereocenters. The minimum absolute atomic E-state index is 0.171. The van der Waals surface area contributed by atoms with Crippen LogP contribution in [0, 0.1) is 0 Å². The van der Waals surface area contributed by atoms with Gasteiger partial charge in [0.05, 0.1) is 12.2 Å². The summed E-state index contributed by atoms with van der Waals surface area (Å²) in [5.74, 6) is 0.602. The second kappa shape index (κ2) is 10.1. The van der Waals surface area contributed by atoms with Gasteiger partial charge in [-0.05, 0) is 59.1 Å². The Hall–Kier alpha value is -2.33. The van der Waals surface area contributed by atoms with Crippen LogP contribution in [-0.2, 0) is 12.0 Å². The summed E-state index contributed by atoms with van der Waals surface area (Å²) in [6, 6.07) is 13.9. The second-order valence-corrected chi connectivity index (χ2v) is 9.06. The molecule has 1 heterocycles. The minimum Gasteiger partial charge on any atom is -0.493 e. The fraction of sp³-hybridized carbons (Fsp3) is 0.500. The molecule has 3 rings (SSSR count). The average molecular weight is 410 g/mol. The number of hydrogen-bond donors (Lipinski definition) is 2. The molecule has 0 amide bonds. The first-order valence-corrected chi connectivity index (χ1v) is 11.2. The molecule has 1 aliphatic heterocycles. The predicted molar refractivity (Wildman–Crippen MR) is 122 cm³/mol. The molecule has 0 fully saturated rings. The summed E-state index contributed by atoms with van der Waals surface area (Å²) in [6.45, 7) is 9.25. The molecule has 1 unspecified atom stereocenters. The van der Waals surface area contributed by atoms with Gasteiger partial charge >= 0.3 is 5.97 Å². The first-order chi connectivity index (χ1) is 14.4. The normalized spacial score (nSPS) is 15.8. The molecule has 0 saturated carbocycles. The quantitative estimate of drug-likeness (QED) is 0.480. The molecular weight excluding hydrogens is 374 g/mol. The van der Waals surface area contributed by atoms with Gasteiger partial charge in [-0.1, -0.05) is 64.3 Å². The van der Waals surface area contributed by atoms with Crippen molar-refractivity contribution in [2.24, 2.45) is 0 Å². The van der Waals surface area contributed by atoms with Gasteiger partial charge in [-0.3, -0.25) is 0 Å². The van der Waals surface area contributed by atoms with Crippen molar-refractivity contribution < 1.29 is 14.6 Å². The van der Waals surface area contributed by atoms with E-state index in [0.29, 0.717) is 11.5 Å². The van der Waals surface area contributed by atoms with Crippen molar-refractivity contribution in [3.8, 4) is 5.75 Å². The van der Waals surface area contributed by atoms with Crippen molar-refractivity contribution >= 4 is 5.97 Å². The maximum Gasteiger partial charge on any atom is 0.335 e. The SMILES string of the molecule is CCCCCC(CNCc1ccc(C(=O)O)cc1)c1ccc2c(c1)OCCC2(C)C. The summed E-state index contributed by atoms with van der Waals surface area (Å²) in [4.78, 5) is 11.0. The van der Waals surface area contributed by atoms with Crippen molar-refractivity contribution in [3.05, 3.63) is 64.7 Å². The van der Waals surface area contributed by atoms with Crippen molar-refractivity contribution in [1.82, 2.24) is 5.32 Å². The van der Waals surface area contributed by atoms with Crippen molar-refractivity contribution in [1.29, 1.82) is 0 Å². The largest absolute Gasteiger partial charge is 0.493 e. The standard InChI is InChI=1S/C26H35NO3/c1-4-5-6-7-22(18-27-17-19-8-10-20(11-9-19)25(28)29)21-12-13-23-24(16-21)30-15-14-26(23,2)3/h8-13,16,22,27H,4-7,14-15,17-18H2,1-3H3,(H,28,29). The molecule has 2 aromatic rings. The van der Waals surface area contributed by atoms with Crippen LogP contribution in [0.3, 0.4) is 0 Å². The Bertz CT molecular complexity index is 842. The number of nitrogens with one attached hydrogen (secondary N) is 1. The van der Waals surface area contributed by atoms with Crippen molar-refractivity contribution in [2.75, 3.05) is 13.2 Å². The zero-order valence-corrected chi connectivity index (χ0v) is 18.5. The zero-order chi connectivity index (χ0) is 21.6. The molecule has 162 valence electrons. The van der Waals surface area contributed by atoms with Crippen molar-refractivity contribution in [3.63, 3.8) is 0 Å². The van der Waals surface area contributed by atoms with E-state index in [9.17, 15) is 4.79 Å². The van der Waals surface area contributed by atoms with E-state index in [-0.39, 0.29) is 5.41 Å². The molecular formula is C26H35NO3. The van der Waals surface area contributed by atoms with Gasteiger partial charge in [-0.2, -0.15) is 0 Å². The summed E-state index contributed by atoms with van der Waals surface area (Å²) >= 11 is 0. The number of ether oxygens (including phenoxy) is 1. The number of carboxylic acids is 1. The second-order valence-electron chi connectivity index (χ2n) is 9.06. The van der Waals surface area contributed by atoms with Crippen LogP contribution in [0.25, 0.3) is 0 Å². The molecule has 4 nitrogen and oxygen atoms in total. The van der Waals surface area contributed by atoms with Gasteiger partial charge in [-0.25, -0.2) is 4.79 Å². The summed E-state index contributed by atoms with van der Waals surface area (Å²) in [6.07, 6.45) is 5.90. The Morgan fingerprint density at radius 2 is 1.93 bits per heavy atom. The smallest absolute Gasteiger partial charge is 0.335 e. The van der Waals surface area contributed by atoms with Crippen LogP contribution >= 0.6 is 0 Å². The number of aromatic carboxylic acids is 1. The van der Waals surface area contributed by atoms with Crippen LogP contribution < -0.4 is 10.1 Å². The van der Waals surface area contributed by atoms with Crippen LogP contribution in [0.2, 0.25) is 0 Å². The van der Waals surface area contributed by atoms with E-state index in [1.54, 1.807) is 12.1 Å². The molecule has 4 heteroatoms. The van der Waals surface area contributed by atoms with Crippen molar-refractivity contribution in [2.45, 2.75) is 70.8 Å². The number of benzene rings is 2. The summed E-state index contributed by atoms with van der Waals surface area (Å²) in [5, 5.41) is 12.6. The highest BCUT2D eigenvalue weighted by Crippen LogP contribution is 2.40. The molecule has 0 spiro atoms. The number of fused-ring (bicyclic) bond motifs is 1. The monoisotopic (exact) mass is 409 g/mol. The van der Waals surface area contributed by atoms with Gasteiger partial charge < -0.3 is 15.2 Å². The number of carbonyl (C=O) groups is 1. The number of rotatable bonds is 10. The number of hydrogen-bond acceptors (Lipinski definition) is 3. The fourth-order valence-corrected chi connectivity index (χ4v) is 4.21. The maximum absolute atomic E-state index is 11.0. The highest BCUT2D eigenvalue weighted by atomic mass is 16.5. The first kappa shape index (κ1) is 22.4. The number of carboxylic acid groups (broad SMARTS) is 1. The van der Waals surface area contributed by atoms with E-state index in [4.69, 9.17) is 9.84 Å². The van der Waals surface area contributed by atoms with Crippen LogP contribution in [-0.4, -0.2) is 24.2 Å². The van der Waals surface area contributed by atoms with E-state index >= 15 is 0 Å². The van der Waals surface area contributed by atoms with Gasteiger partial charge in [0.1, 0.15) is 5.75 Å². The molecule has 0 aliphatic carbocycles. The van der Waals surface area contributed by atoms with Crippen LogP contribution in [0.15, 0.2) is 42.5 Å². The van der Waals surface area contributed by atoms with E-state index in [1.807, 2.05) is 12.1 Å². The summed E-state index contributed by atoms with van der Waals surface area (Å²) in [7, 11) is 0. The Morgan fingerprint density at radius 3 is 2.63 bits per heavy atom. The Labute approximate surface area is 180 Å². The minimum atomic E-state index is -0.886. The lowest BCUT2D eigenvalue weighted by molar-refractivity contribution is 0.0697. The zero-order valence-electron chi connectivity index (χ0n) is 18.5. The first-order valence-electron chi connectivity index (χ1n) is 11.2. The third kappa shape index (κ3) is 5.63. The van der Waals surface area contributed by atoms with Crippen LogP contribution in [0.1, 0.15) is 85.8 Å². The van der Waals surface area contributed by atoms with E-state index < -0.39 is 5.97 Å². The van der Waals surface area contributed by atoms with Gasteiger partial charge in [0, 0.05) is 13.1 Å². The lowest BCUT2D eigenvalue weighted by Crippen LogP contribution is -2.27. The summed E-state index contributed by atoms with van der Waals surface area (Å²) in [5.41, 5.74) is 4.26. The van der Waals surface area contributed by atoms with E-state index in [0.717, 1.165) is 43.9 Å². The molecule has 2 N–H and O–H groups in total. The molecule has 30 heavy (non-hydrogen) atoms. The number of unbranched alkanes of at least 4 members (excludes halogenated alkanes) is 2. The highest BCUT2D eigenvalue weighted by Gasteiger charge is 2.29. The molecule has 2 aromatic carbocycles. The Balaban J connectivity index is 1.67. The van der Waals surface area contributed by atoms with Gasteiger partial charge in [0.25, 0.3) is 0 Å². The molecule has 0 aromatic heterocycles. The topological polar surface area (TPSA) is 58.6 Å². The molecule has 1 aliphatic rings. The molecule has 0 saturated heterocycles. The Morgan fingerprint density at radius 1 is 1.17 bits per heavy atom. The maximum atomic E-state index is 11.0. The lowest BCUT2D eigenvalue weighted by Gasteiger charge is -2.33. The molecule has 0 bridgehead atoms. The van der Waals surface area contributed by atoms with Crippen LogP contribution in [0.5, 0.6) is 5.75 Å². The third-order valence-electron chi connectivity index (χ3n) is 6.27. The predicted octanol–water partition coefficient (Wildman–Crippen LogP) is 5.90. The van der Waals surface area contributed by atoms with E-state index in [2.05, 4.69) is 44.3 Å². The lowest BCUT2D eigenvalue weighted by atomic mass is 9.78. The van der Waals surface area contributed by atoms with Gasteiger partial charge in [0.2, 0.25) is 0 Å². The Kier molecular flexibility index (Phi) is 7.54. The highest BCUT2D eigenvalue weighted by molar-refractivity contribution is 5.87. The summed E-state index contributed by atoms with van der Waals surface area (Å²) < 4.78 is 6.01. The fourth-order valence-electron chi connectivity index (χ4n) is 4.21. The van der Waals surface area contributed by atoms with Crippen LogP contribution in [0.4, 0.5) is 0 Å². The average Bonchev–Trinajstić information content (AvgIpc) is 2.72. The third-order valence-corrected chi connectivity index (χ3v) is 6.27. The van der Waals surface area contributed by atoms with Gasteiger partial charge in [0.15, 0.2) is 0 Å². The van der Waals surface area contributed by atoms with Gasteiger partial charge in [-0.15, -0.1) is 0 Å². The van der Waals surface area contributed by atoms with E-state index in [1.165, 1.54) is 30.4 Å².